The van der Waals surface area contributed by atoms with Crippen LogP contribution in [0.4, 0.5) is 17.2 Å². The number of anilines is 3. The van der Waals surface area contributed by atoms with E-state index in [0.717, 1.165) is 22.5 Å². The average molecular weight is 359 g/mol. The van der Waals surface area contributed by atoms with Crippen LogP contribution in [0, 0.1) is 0 Å². The number of pyridine rings is 1. The number of fused-ring (bicyclic) bond motifs is 1. The van der Waals surface area contributed by atoms with Gasteiger partial charge in [0.05, 0.1) is 5.39 Å². The van der Waals surface area contributed by atoms with Crippen LogP contribution in [-0.4, -0.2) is 27.0 Å². The third kappa shape index (κ3) is 3.18. The van der Waals surface area contributed by atoms with Crippen molar-refractivity contribution in [3.05, 3.63) is 77.3 Å². The molecule has 0 radical (unpaired) electrons. The van der Waals surface area contributed by atoms with Gasteiger partial charge in [-0.15, -0.1) is 4.73 Å². The molecule has 134 valence electrons. The summed E-state index contributed by atoms with van der Waals surface area (Å²) in [5, 5.41) is 16.6. The fourth-order valence-corrected chi connectivity index (χ4v) is 2.88. The van der Waals surface area contributed by atoms with Crippen LogP contribution in [0.3, 0.4) is 0 Å². The lowest BCUT2D eigenvalue weighted by Crippen LogP contribution is -2.23. The maximum atomic E-state index is 11.9. The van der Waals surface area contributed by atoms with Gasteiger partial charge in [0, 0.05) is 24.6 Å². The van der Waals surface area contributed by atoms with E-state index < -0.39 is 5.69 Å². The van der Waals surface area contributed by atoms with Gasteiger partial charge in [0.25, 0.3) is 0 Å². The molecule has 2 aromatic carbocycles. The molecule has 0 unspecified atom stereocenters. The van der Waals surface area contributed by atoms with Crippen LogP contribution in [-0.2, 0) is 0 Å². The second-order valence-corrected chi connectivity index (χ2v) is 5.96. The molecule has 0 saturated heterocycles. The van der Waals surface area contributed by atoms with E-state index in [2.05, 4.69) is 20.6 Å². The van der Waals surface area contributed by atoms with E-state index in [1.165, 1.54) is 6.20 Å². The quantitative estimate of drug-likeness (QED) is 0.483. The first-order chi connectivity index (χ1) is 13.2. The lowest BCUT2D eigenvalue weighted by Gasteiger charge is -2.11. The van der Waals surface area contributed by atoms with Crippen LogP contribution in [0.1, 0.15) is 0 Å². The van der Waals surface area contributed by atoms with Gasteiger partial charge in [-0.3, -0.25) is 0 Å². The molecule has 0 amide bonds. The van der Waals surface area contributed by atoms with E-state index >= 15 is 0 Å². The highest BCUT2D eigenvalue weighted by atomic mass is 16.5. The van der Waals surface area contributed by atoms with E-state index in [-0.39, 0.29) is 5.65 Å². The Morgan fingerprint density at radius 2 is 1.78 bits per heavy atom. The lowest BCUT2D eigenvalue weighted by molar-refractivity contribution is 0.182. The largest absolute Gasteiger partial charge is 0.422 e. The monoisotopic (exact) mass is 359 g/mol. The Hall–Kier alpha value is -3.87. The molecule has 0 spiro atoms. The summed E-state index contributed by atoms with van der Waals surface area (Å²) >= 11 is 0. The highest BCUT2D eigenvalue weighted by molar-refractivity contribution is 5.88. The third-order valence-electron chi connectivity index (χ3n) is 4.26. The maximum Gasteiger partial charge on any atom is 0.384 e. The zero-order valence-electron chi connectivity index (χ0n) is 14.5. The summed E-state index contributed by atoms with van der Waals surface area (Å²) in [4.78, 5) is 19.9. The number of benzene rings is 2. The second-order valence-electron chi connectivity index (χ2n) is 5.96. The summed E-state index contributed by atoms with van der Waals surface area (Å²) in [7, 11) is 1.88. The van der Waals surface area contributed by atoms with E-state index in [9.17, 15) is 10.0 Å². The van der Waals surface area contributed by atoms with E-state index in [1.54, 1.807) is 12.1 Å². The van der Waals surface area contributed by atoms with Crippen molar-refractivity contribution >= 4 is 28.2 Å². The van der Waals surface area contributed by atoms with Crippen LogP contribution < -0.4 is 16.3 Å². The molecule has 0 atom stereocenters. The van der Waals surface area contributed by atoms with Gasteiger partial charge in [0.2, 0.25) is 0 Å². The van der Waals surface area contributed by atoms with Crippen LogP contribution in [0.15, 0.2) is 71.7 Å². The zero-order chi connectivity index (χ0) is 18.8. The number of rotatable bonds is 4. The van der Waals surface area contributed by atoms with E-state index in [0.29, 0.717) is 15.9 Å². The molecule has 4 aromatic rings. The minimum Gasteiger partial charge on any atom is -0.422 e. The first-order valence-corrected chi connectivity index (χ1v) is 8.38. The zero-order valence-corrected chi connectivity index (χ0v) is 14.5. The van der Waals surface area contributed by atoms with Gasteiger partial charge in [-0.2, -0.15) is 4.98 Å². The molecule has 4 rings (SSSR count). The van der Waals surface area contributed by atoms with Gasteiger partial charge in [0.1, 0.15) is 5.82 Å². The normalized spacial score (nSPS) is 10.7. The number of hydrogen-bond acceptors (Lipinski definition) is 6. The Morgan fingerprint density at radius 1 is 0.963 bits per heavy atom. The van der Waals surface area contributed by atoms with E-state index in [1.807, 2.05) is 55.6 Å². The van der Waals surface area contributed by atoms with Gasteiger partial charge in [0.15, 0.2) is 5.65 Å². The van der Waals surface area contributed by atoms with E-state index in [4.69, 9.17) is 0 Å². The summed E-state index contributed by atoms with van der Waals surface area (Å²) < 4.78 is 0.445. The Balaban J connectivity index is 1.73. The van der Waals surface area contributed by atoms with Crippen molar-refractivity contribution in [3.63, 3.8) is 0 Å². The molecule has 7 heteroatoms. The summed E-state index contributed by atoms with van der Waals surface area (Å²) in [6.07, 6.45) is 1.51. The van der Waals surface area contributed by atoms with Crippen LogP contribution in [0.25, 0.3) is 22.2 Å². The highest BCUT2D eigenvalue weighted by Crippen LogP contribution is 2.27. The smallest absolute Gasteiger partial charge is 0.384 e. The molecular weight excluding hydrogens is 342 g/mol. The van der Waals surface area contributed by atoms with Gasteiger partial charge in [-0.05, 0) is 47.5 Å². The van der Waals surface area contributed by atoms with Crippen molar-refractivity contribution in [1.82, 2.24) is 14.7 Å². The Bertz CT molecular complexity index is 1170. The number of aromatic nitrogens is 3. The topological polar surface area (TPSA) is 92.1 Å². The van der Waals surface area contributed by atoms with Crippen molar-refractivity contribution in [2.75, 3.05) is 17.7 Å². The first-order valence-electron chi connectivity index (χ1n) is 8.38. The molecule has 3 N–H and O–H groups in total. The minimum atomic E-state index is -0.789. The molecule has 7 nitrogen and oxygen atoms in total. The summed E-state index contributed by atoms with van der Waals surface area (Å²) in [6.45, 7) is 0. The molecule has 0 saturated carbocycles. The fourth-order valence-electron chi connectivity index (χ4n) is 2.88. The molecule has 0 fully saturated rings. The summed E-state index contributed by atoms with van der Waals surface area (Å²) in [5.41, 5.74) is 3.28. The van der Waals surface area contributed by atoms with Gasteiger partial charge in [-0.1, -0.05) is 24.3 Å². The number of nitrogens with one attached hydrogen (secondary N) is 2. The van der Waals surface area contributed by atoms with Gasteiger partial charge >= 0.3 is 5.69 Å². The van der Waals surface area contributed by atoms with Crippen molar-refractivity contribution in [2.24, 2.45) is 0 Å². The predicted molar refractivity (Wildman–Crippen MR) is 106 cm³/mol. The molecule has 0 bridgehead atoms. The first kappa shape index (κ1) is 16.6. The Morgan fingerprint density at radius 3 is 2.56 bits per heavy atom. The Kier molecular flexibility index (Phi) is 4.18. The van der Waals surface area contributed by atoms with Gasteiger partial charge < -0.3 is 15.8 Å². The lowest BCUT2D eigenvalue weighted by atomic mass is 10.0. The third-order valence-corrected chi connectivity index (χ3v) is 4.26. The predicted octanol–water partition coefficient (Wildman–Crippen LogP) is 3.48. The van der Waals surface area contributed by atoms with Crippen LogP contribution in [0.2, 0.25) is 0 Å². The van der Waals surface area contributed by atoms with Crippen LogP contribution >= 0.6 is 0 Å². The molecule has 0 aliphatic rings. The second kappa shape index (κ2) is 6.80. The Labute approximate surface area is 154 Å². The summed E-state index contributed by atoms with van der Waals surface area (Å²) in [6, 6.07) is 19.4. The molecular formula is C20H17N5O2. The number of nitrogens with zero attached hydrogens (tertiary/aromatic N) is 3. The van der Waals surface area contributed by atoms with Crippen molar-refractivity contribution < 1.29 is 5.21 Å². The molecule has 0 aliphatic heterocycles. The SMILES string of the molecule is CNc1ccc(-c2cccc(Nc3nc(=O)n(O)c4ncccc34)c2)cc1. The average Bonchev–Trinajstić information content (AvgIpc) is 2.72. The van der Waals surface area contributed by atoms with Gasteiger partial charge in [-0.25, -0.2) is 9.78 Å². The molecule has 27 heavy (non-hydrogen) atoms. The van der Waals surface area contributed by atoms with Crippen LogP contribution in [0.5, 0.6) is 0 Å². The minimum absolute atomic E-state index is 0.152. The molecule has 2 heterocycles. The number of hydrogen-bond donors (Lipinski definition) is 3. The van der Waals surface area contributed by atoms with Crippen molar-refractivity contribution in [3.8, 4) is 11.1 Å². The highest BCUT2D eigenvalue weighted by Gasteiger charge is 2.11. The fraction of sp³-hybridized carbons (Fsp3) is 0.0500. The van der Waals surface area contributed by atoms with Crippen molar-refractivity contribution in [1.29, 1.82) is 0 Å². The van der Waals surface area contributed by atoms with Crippen molar-refractivity contribution in [2.45, 2.75) is 0 Å². The summed E-state index contributed by atoms with van der Waals surface area (Å²) in [5.74, 6) is 0.344. The standard InChI is InChI=1S/C20H17N5O2/c1-21-15-9-7-13(8-10-15)14-4-2-5-16(12-14)23-18-17-6-3-11-22-19(17)25(27)20(26)24-18/h2-12,21,27H,1H3,(H,23,24,26). The molecule has 2 aromatic heterocycles. The molecule has 0 aliphatic carbocycles. The maximum absolute atomic E-state index is 11.9.